The van der Waals surface area contributed by atoms with Gasteiger partial charge in [0.05, 0.1) is 5.92 Å². The van der Waals surface area contributed by atoms with Gasteiger partial charge in [-0.15, -0.1) is 0 Å². The van der Waals surface area contributed by atoms with Crippen molar-refractivity contribution in [1.82, 2.24) is 20.5 Å². The molecule has 4 aliphatic rings. The van der Waals surface area contributed by atoms with E-state index in [9.17, 15) is 9.59 Å². The van der Waals surface area contributed by atoms with Crippen molar-refractivity contribution in [2.75, 3.05) is 6.54 Å². The molecule has 202 valence electrons. The second-order valence-corrected chi connectivity index (χ2v) is 12.9. The predicted molar refractivity (Wildman–Crippen MR) is 150 cm³/mol. The van der Waals surface area contributed by atoms with Crippen LogP contribution in [0.4, 0.5) is 0 Å². The first-order valence-corrected chi connectivity index (χ1v) is 15.2. The number of hydrazone groups is 1. The van der Waals surface area contributed by atoms with E-state index in [-0.39, 0.29) is 36.0 Å². The normalized spacial score (nSPS) is 27.7. The highest BCUT2D eigenvalue weighted by Gasteiger charge is 2.53. The van der Waals surface area contributed by atoms with Gasteiger partial charge in [-0.05, 0) is 69.4 Å². The van der Waals surface area contributed by atoms with E-state index in [1.807, 2.05) is 4.90 Å². The molecule has 2 amide bonds. The molecule has 0 spiro atoms. The molecule has 8 heteroatoms. The molecule has 0 aromatic heterocycles. The fourth-order valence-electron chi connectivity index (χ4n) is 6.42. The van der Waals surface area contributed by atoms with E-state index in [0.29, 0.717) is 18.4 Å². The van der Waals surface area contributed by atoms with Crippen molar-refractivity contribution in [1.29, 1.82) is 0 Å². The molecule has 4 atom stereocenters. The molecule has 2 heterocycles. The Bertz CT molecular complexity index is 1040. The first-order valence-electron chi connectivity index (χ1n) is 14.2. The number of amidine groups is 1. The molecule has 1 aromatic carbocycles. The molecule has 2 N–H and O–H groups in total. The van der Waals surface area contributed by atoms with Crippen molar-refractivity contribution < 1.29 is 9.59 Å². The van der Waals surface area contributed by atoms with E-state index < -0.39 is 0 Å². The van der Waals surface area contributed by atoms with E-state index in [1.165, 1.54) is 29.5 Å². The van der Waals surface area contributed by atoms with E-state index >= 15 is 0 Å². The third kappa shape index (κ3) is 5.64. The summed E-state index contributed by atoms with van der Waals surface area (Å²) >= 11 is 1.74. The van der Waals surface area contributed by atoms with Crippen molar-refractivity contribution in [3.05, 3.63) is 34.9 Å². The molecular formula is C29H43N5O2S. The van der Waals surface area contributed by atoms with Crippen LogP contribution in [0.5, 0.6) is 0 Å². The van der Waals surface area contributed by atoms with E-state index in [0.717, 1.165) is 49.6 Å². The molecule has 2 saturated carbocycles. The van der Waals surface area contributed by atoms with E-state index in [4.69, 9.17) is 5.10 Å². The summed E-state index contributed by atoms with van der Waals surface area (Å²) in [6, 6.07) is 6.92. The van der Waals surface area contributed by atoms with Gasteiger partial charge in [0.15, 0.2) is 11.5 Å². The van der Waals surface area contributed by atoms with Gasteiger partial charge in [-0.3, -0.25) is 15.0 Å². The molecule has 2 aliphatic heterocycles. The van der Waals surface area contributed by atoms with Crippen molar-refractivity contribution in [3.8, 4) is 0 Å². The molecular weight excluding hydrogens is 482 g/mol. The summed E-state index contributed by atoms with van der Waals surface area (Å²) in [5, 5.41) is 9.03. The van der Waals surface area contributed by atoms with Crippen molar-refractivity contribution in [2.45, 2.75) is 103 Å². The first-order chi connectivity index (χ1) is 17.8. The number of nitrogens with zero attached hydrogens (tertiary/aromatic N) is 3. The highest BCUT2D eigenvalue weighted by molar-refractivity contribution is 8.13. The third-order valence-corrected chi connectivity index (χ3v) is 9.73. The average Bonchev–Trinajstić information content (AvgIpc) is 3.54. The molecule has 0 bridgehead atoms. The number of carbonyl (C=O) groups excluding carboxylic acids is 2. The number of fused-ring (bicyclic) bond motifs is 3. The lowest BCUT2D eigenvalue weighted by molar-refractivity contribution is -0.158. The number of benzene rings is 1. The molecule has 2 aliphatic carbocycles. The first kappa shape index (κ1) is 26.4. The predicted octanol–water partition coefficient (Wildman–Crippen LogP) is 4.73. The summed E-state index contributed by atoms with van der Waals surface area (Å²) in [7, 11) is 0. The SMILES string of the molecule is Cc1ccc(C)c(CSC2=NNC3N(CCC(C)C)C(=O)C4CCC(C(=O)NC5CCCC5)CC4N23)c1. The summed E-state index contributed by atoms with van der Waals surface area (Å²) in [6.45, 7) is 9.42. The van der Waals surface area contributed by atoms with Gasteiger partial charge in [-0.25, -0.2) is 0 Å². The topological polar surface area (TPSA) is 77.0 Å². The number of hydrogen-bond donors (Lipinski definition) is 2. The van der Waals surface area contributed by atoms with Crippen LogP contribution in [0, 0.1) is 31.6 Å². The number of rotatable bonds is 7. The largest absolute Gasteiger partial charge is 0.353 e. The monoisotopic (exact) mass is 525 g/mol. The number of amides is 2. The number of aryl methyl sites for hydroxylation is 2. The van der Waals surface area contributed by atoms with Gasteiger partial charge in [0.2, 0.25) is 11.8 Å². The van der Waals surface area contributed by atoms with Gasteiger partial charge in [-0.1, -0.05) is 62.2 Å². The van der Waals surface area contributed by atoms with Crippen LogP contribution in [0.1, 0.15) is 81.9 Å². The average molecular weight is 526 g/mol. The molecule has 4 unspecified atom stereocenters. The summed E-state index contributed by atoms with van der Waals surface area (Å²) in [5.74, 6) is 1.65. The van der Waals surface area contributed by atoms with Crippen LogP contribution < -0.4 is 10.7 Å². The smallest absolute Gasteiger partial charge is 0.230 e. The fourth-order valence-corrected chi connectivity index (χ4v) is 7.52. The van der Waals surface area contributed by atoms with Crippen LogP contribution in [-0.2, 0) is 15.3 Å². The second kappa shape index (κ2) is 11.3. The molecule has 37 heavy (non-hydrogen) atoms. The Morgan fingerprint density at radius 2 is 1.97 bits per heavy atom. The summed E-state index contributed by atoms with van der Waals surface area (Å²) in [5.41, 5.74) is 7.17. The third-order valence-electron chi connectivity index (χ3n) is 8.71. The number of hydrogen-bond acceptors (Lipinski definition) is 6. The number of thioether (sulfide) groups is 1. The summed E-state index contributed by atoms with van der Waals surface area (Å²) in [6.07, 6.45) is 7.58. The van der Waals surface area contributed by atoms with E-state index in [1.54, 1.807) is 11.8 Å². The number of nitrogens with one attached hydrogen (secondary N) is 2. The van der Waals surface area contributed by atoms with Gasteiger partial charge in [0.1, 0.15) is 0 Å². The lowest BCUT2D eigenvalue weighted by Crippen LogP contribution is -2.68. The molecule has 7 nitrogen and oxygen atoms in total. The Balaban J connectivity index is 1.35. The highest BCUT2D eigenvalue weighted by Crippen LogP contribution is 2.41. The van der Waals surface area contributed by atoms with Gasteiger partial charge in [-0.2, -0.15) is 5.10 Å². The molecule has 1 aromatic rings. The van der Waals surface area contributed by atoms with Gasteiger partial charge < -0.3 is 15.1 Å². The summed E-state index contributed by atoms with van der Waals surface area (Å²) in [4.78, 5) is 31.3. The lowest BCUT2D eigenvalue weighted by atomic mass is 9.75. The zero-order valence-electron chi connectivity index (χ0n) is 22.8. The lowest BCUT2D eigenvalue weighted by Gasteiger charge is -2.51. The maximum absolute atomic E-state index is 13.7. The van der Waals surface area contributed by atoms with Crippen molar-refractivity contribution in [2.24, 2.45) is 22.9 Å². The van der Waals surface area contributed by atoms with E-state index in [2.05, 4.69) is 61.5 Å². The van der Waals surface area contributed by atoms with Crippen LogP contribution in [0.15, 0.2) is 23.3 Å². The van der Waals surface area contributed by atoms with Gasteiger partial charge in [0.25, 0.3) is 0 Å². The van der Waals surface area contributed by atoms with Crippen LogP contribution in [0.25, 0.3) is 0 Å². The zero-order chi connectivity index (χ0) is 26.1. The van der Waals surface area contributed by atoms with Gasteiger partial charge >= 0.3 is 0 Å². The maximum Gasteiger partial charge on any atom is 0.230 e. The minimum atomic E-state index is -0.259. The number of carbonyl (C=O) groups is 2. The van der Waals surface area contributed by atoms with Crippen molar-refractivity contribution >= 4 is 28.7 Å². The Morgan fingerprint density at radius 1 is 1.19 bits per heavy atom. The van der Waals surface area contributed by atoms with Crippen LogP contribution >= 0.6 is 11.8 Å². The highest BCUT2D eigenvalue weighted by atomic mass is 32.2. The maximum atomic E-state index is 13.7. The fraction of sp³-hybridized carbons (Fsp3) is 0.690. The van der Waals surface area contributed by atoms with Crippen LogP contribution in [-0.4, -0.2) is 51.7 Å². The second-order valence-electron chi connectivity index (χ2n) is 11.9. The quantitative estimate of drug-likeness (QED) is 0.538. The standard InChI is InChI=1S/C29H43N5O2S/c1-18(2)13-14-33-27(36)24-12-11-21(26(35)30-23-7-5-6-8-23)16-25(24)34-28(33)31-32-29(34)37-17-22-15-19(3)9-10-20(22)4/h9-10,15,18,21,23-25,28,31H,5-8,11-14,16-17H2,1-4H3,(H,30,35). The minimum absolute atomic E-state index is 0.000680. The molecule has 3 fully saturated rings. The Morgan fingerprint density at radius 3 is 2.73 bits per heavy atom. The molecule has 5 rings (SSSR count). The minimum Gasteiger partial charge on any atom is -0.353 e. The Hall–Kier alpha value is -2.22. The van der Waals surface area contributed by atoms with Crippen LogP contribution in [0.3, 0.4) is 0 Å². The molecule has 1 saturated heterocycles. The van der Waals surface area contributed by atoms with Gasteiger partial charge in [0, 0.05) is 30.3 Å². The Kier molecular flexibility index (Phi) is 8.03. The molecule has 0 radical (unpaired) electrons. The zero-order valence-corrected chi connectivity index (χ0v) is 23.7. The summed E-state index contributed by atoms with van der Waals surface area (Å²) < 4.78 is 0. The Labute approximate surface area is 226 Å². The van der Waals surface area contributed by atoms with Crippen molar-refractivity contribution in [3.63, 3.8) is 0 Å². The van der Waals surface area contributed by atoms with Crippen LogP contribution in [0.2, 0.25) is 0 Å².